The zero-order valence-corrected chi connectivity index (χ0v) is 20.6. The molecule has 0 bridgehead atoms. The van der Waals surface area contributed by atoms with Crippen LogP contribution in [0, 0.1) is 23.1 Å². The number of fused-ring (bicyclic) bond motifs is 1. The third kappa shape index (κ3) is 5.10. The Morgan fingerprint density at radius 1 is 1.25 bits per heavy atom. The van der Waals surface area contributed by atoms with E-state index in [1.807, 2.05) is 35.2 Å². The van der Waals surface area contributed by atoms with E-state index in [2.05, 4.69) is 20.3 Å². The van der Waals surface area contributed by atoms with Crippen LogP contribution in [0.1, 0.15) is 16.8 Å². The van der Waals surface area contributed by atoms with Crippen molar-refractivity contribution in [3.8, 4) is 6.07 Å². The molecule has 1 saturated heterocycles. The van der Waals surface area contributed by atoms with Crippen LogP contribution in [0.2, 0.25) is 0 Å². The Bertz CT molecular complexity index is 1330. The van der Waals surface area contributed by atoms with E-state index in [4.69, 9.17) is 16.0 Å². The molecule has 2 aliphatic heterocycles. The Hall–Kier alpha value is -3.75. The minimum Gasteiger partial charge on any atom is -0.379 e. The highest BCUT2D eigenvalue weighted by molar-refractivity contribution is 8.13. The molecule has 2 aliphatic rings. The SMILES string of the molecule is Cl.N#Cc1ccc(CC(=O)Nc2cccc([C@]34CN(c5ncc(F)cn5)C[C@H]3CSC(N)=N4)c2)nc1. The van der Waals surface area contributed by atoms with Crippen LogP contribution in [-0.4, -0.2) is 44.9 Å². The lowest BCUT2D eigenvalue weighted by Gasteiger charge is -2.34. The summed E-state index contributed by atoms with van der Waals surface area (Å²) in [6.45, 7) is 1.13. The highest BCUT2D eigenvalue weighted by Gasteiger charge is 2.50. The van der Waals surface area contributed by atoms with Crippen LogP contribution < -0.4 is 16.0 Å². The summed E-state index contributed by atoms with van der Waals surface area (Å²) in [7, 11) is 0. The molecule has 3 N–H and O–H groups in total. The minimum absolute atomic E-state index is 0. The Morgan fingerprint density at radius 2 is 2.06 bits per heavy atom. The molecule has 0 aliphatic carbocycles. The lowest BCUT2D eigenvalue weighted by atomic mass is 9.81. The Balaban J connectivity index is 0.00000304. The second-order valence-corrected chi connectivity index (χ2v) is 9.46. The van der Waals surface area contributed by atoms with Gasteiger partial charge in [0, 0.05) is 35.8 Å². The molecule has 1 amide bonds. The number of benzene rings is 1. The van der Waals surface area contributed by atoms with Gasteiger partial charge in [-0.2, -0.15) is 5.26 Å². The first-order chi connectivity index (χ1) is 16.9. The van der Waals surface area contributed by atoms with E-state index in [0.29, 0.717) is 41.2 Å². The van der Waals surface area contributed by atoms with Crippen molar-refractivity contribution in [3.05, 3.63) is 77.6 Å². The number of halogens is 2. The molecule has 0 unspecified atom stereocenters. The average molecular weight is 525 g/mol. The van der Waals surface area contributed by atoms with Crippen LogP contribution in [0.3, 0.4) is 0 Å². The fourth-order valence-corrected chi connectivity index (χ4v) is 5.46. The smallest absolute Gasteiger partial charge is 0.230 e. The molecule has 2 aromatic heterocycles. The van der Waals surface area contributed by atoms with Crippen LogP contribution in [0.4, 0.5) is 16.0 Å². The van der Waals surface area contributed by atoms with Crippen LogP contribution in [-0.2, 0) is 16.8 Å². The van der Waals surface area contributed by atoms with E-state index in [1.54, 1.807) is 12.1 Å². The van der Waals surface area contributed by atoms with Gasteiger partial charge in [-0.1, -0.05) is 23.9 Å². The van der Waals surface area contributed by atoms with E-state index in [0.717, 1.165) is 23.7 Å². The molecular weight excluding hydrogens is 503 g/mol. The molecular formula is C24H22ClFN8OS. The number of pyridine rings is 1. The maximum atomic E-state index is 13.3. The van der Waals surface area contributed by atoms with Crippen molar-refractivity contribution in [1.82, 2.24) is 15.0 Å². The van der Waals surface area contributed by atoms with Crippen LogP contribution in [0.25, 0.3) is 0 Å². The van der Waals surface area contributed by atoms with Crippen molar-refractivity contribution in [1.29, 1.82) is 5.26 Å². The zero-order valence-electron chi connectivity index (χ0n) is 19.0. The predicted molar refractivity (Wildman–Crippen MR) is 138 cm³/mol. The van der Waals surface area contributed by atoms with Gasteiger partial charge in [-0.15, -0.1) is 12.4 Å². The highest BCUT2D eigenvalue weighted by atomic mass is 35.5. The molecule has 0 spiro atoms. The quantitative estimate of drug-likeness (QED) is 0.520. The summed E-state index contributed by atoms with van der Waals surface area (Å²) in [6, 6.07) is 12.9. The second-order valence-electron chi connectivity index (χ2n) is 8.42. The second kappa shape index (κ2) is 10.5. The average Bonchev–Trinajstić information content (AvgIpc) is 3.25. The van der Waals surface area contributed by atoms with Gasteiger partial charge < -0.3 is 16.0 Å². The number of nitrogens with one attached hydrogen (secondary N) is 1. The first-order valence-electron chi connectivity index (χ1n) is 10.9. The van der Waals surface area contributed by atoms with E-state index < -0.39 is 11.4 Å². The van der Waals surface area contributed by atoms with Gasteiger partial charge in [-0.05, 0) is 29.8 Å². The van der Waals surface area contributed by atoms with Crippen LogP contribution in [0.5, 0.6) is 0 Å². The molecule has 36 heavy (non-hydrogen) atoms. The fourth-order valence-electron chi connectivity index (χ4n) is 4.48. The number of anilines is 2. The van der Waals surface area contributed by atoms with Crippen LogP contribution >= 0.6 is 24.2 Å². The molecule has 12 heteroatoms. The van der Waals surface area contributed by atoms with E-state index in [9.17, 15) is 9.18 Å². The number of rotatable bonds is 5. The number of amidine groups is 1. The first kappa shape index (κ1) is 25.3. The first-order valence-corrected chi connectivity index (χ1v) is 11.9. The van der Waals surface area contributed by atoms with Gasteiger partial charge in [0.05, 0.1) is 30.9 Å². The monoisotopic (exact) mass is 524 g/mol. The molecule has 3 aromatic rings. The van der Waals surface area contributed by atoms with Crippen molar-refractivity contribution in [3.63, 3.8) is 0 Å². The number of nitrogens with two attached hydrogens (primary N) is 1. The number of aliphatic imine (C=N–C) groups is 1. The summed E-state index contributed by atoms with van der Waals surface area (Å²) < 4.78 is 13.3. The molecule has 1 aromatic carbocycles. The number of thioether (sulfide) groups is 1. The predicted octanol–water partition coefficient (Wildman–Crippen LogP) is 2.88. The highest BCUT2D eigenvalue weighted by Crippen LogP contribution is 2.46. The van der Waals surface area contributed by atoms with Gasteiger partial charge in [0.1, 0.15) is 11.6 Å². The maximum Gasteiger partial charge on any atom is 0.230 e. The normalized spacial score (nSPS) is 20.5. The standard InChI is InChI=1S/C24H21FN8OS.ClH/c25-18-10-29-23(30-11-18)33-12-17-13-35-22(27)32-24(17,14-33)16-2-1-3-20(6-16)31-21(34)7-19-5-4-15(8-26)9-28-19;/h1-6,9-11,17H,7,12-14H2,(H2,27,32)(H,31,34);1H/t17-,24+;/m0./s1. The van der Waals surface area contributed by atoms with Crippen LogP contribution in [0.15, 0.2) is 60.0 Å². The summed E-state index contributed by atoms with van der Waals surface area (Å²) in [4.78, 5) is 32.0. The molecule has 9 nitrogen and oxygen atoms in total. The number of hydrogen-bond acceptors (Lipinski definition) is 9. The molecule has 4 heterocycles. The minimum atomic E-state index is -0.636. The molecule has 184 valence electrons. The van der Waals surface area contributed by atoms with E-state index >= 15 is 0 Å². The summed E-state index contributed by atoms with van der Waals surface area (Å²) in [6.07, 6.45) is 3.84. The molecule has 5 rings (SSSR count). The number of nitrogens with zero attached hydrogens (tertiary/aromatic N) is 6. The molecule has 0 radical (unpaired) electrons. The van der Waals surface area contributed by atoms with E-state index in [-0.39, 0.29) is 30.7 Å². The fraction of sp³-hybridized carbons (Fsp3) is 0.250. The number of aromatic nitrogens is 3. The maximum absolute atomic E-state index is 13.3. The van der Waals surface area contributed by atoms with Gasteiger partial charge in [-0.25, -0.2) is 19.4 Å². The van der Waals surface area contributed by atoms with Crippen molar-refractivity contribution >= 4 is 46.9 Å². The van der Waals surface area contributed by atoms with Crippen molar-refractivity contribution in [2.24, 2.45) is 16.6 Å². The number of nitriles is 1. The topological polar surface area (TPSA) is 133 Å². The van der Waals surface area contributed by atoms with E-state index in [1.165, 1.54) is 18.0 Å². The van der Waals surface area contributed by atoms with Gasteiger partial charge >= 0.3 is 0 Å². The largest absolute Gasteiger partial charge is 0.379 e. The van der Waals surface area contributed by atoms with Gasteiger partial charge in [0.2, 0.25) is 11.9 Å². The summed E-state index contributed by atoms with van der Waals surface area (Å²) in [5, 5.41) is 12.3. The van der Waals surface area contributed by atoms with Crippen molar-refractivity contribution in [2.45, 2.75) is 12.0 Å². The summed E-state index contributed by atoms with van der Waals surface area (Å²) >= 11 is 1.51. The Kier molecular flexibility index (Phi) is 7.37. The Morgan fingerprint density at radius 3 is 2.78 bits per heavy atom. The lowest BCUT2D eigenvalue weighted by molar-refractivity contribution is -0.115. The van der Waals surface area contributed by atoms with Gasteiger partial charge in [0.15, 0.2) is 11.0 Å². The third-order valence-electron chi connectivity index (χ3n) is 6.12. The number of carbonyl (C=O) groups is 1. The lowest BCUT2D eigenvalue weighted by Crippen LogP contribution is -2.40. The molecule has 1 fully saturated rings. The Labute approximate surface area is 217 Å². The number of amides is 1. The van der Waals surface area contributed by atoms with Gasteiger partial charge in [-0.3, -0.25) is 9.78 Å². The van der Waals surface area contributed by atoms with Crippen molar-refractivity contribution in [2.75, 3.05) is 29.1 Å². The summed E-state index contributed by atoms with van der Waals surface area (Å²) in [5.41, 5.74) is 8.10. The zero-order chi connectivity index (χ0) is 24.4. The molecule has 0 saturated carbocycles. The third-order valence-corrected chi connectivity index (χ3v) is 7.08. The number of hydrogen-bond donors (Lipinski definition) is 2. The van der Waals surface area contributed by atoms with Gasteiger partial charge in [0.25, 0.3) is 0 Å². The number of carbonyl (C=O) groups excluding carboxylic acids is 1. The molecule has 2 atom stereocenters. The summed E-state index contributed by atoms with van der Waals surface area (Å²) in [5.74, 6) is 0.634. The van der Waals surface area contributed by atoms with Crippen molar-refractivity contribution < 1.29 is 9.18 Å².